The SMILES string of the molecule is O=C(NCC(=O)N1CCN(S(=O)(=O)c2ccc3c(c2)OCCO3)CC1)OCc1ccccc1. The molecule has 10 nitrogen and oxygen atoms in total. The zero-order valence-electron chi connectivity index (χ0n) is 17.9. The molecule has 0 radical (unpaired) electrons. The van der Waals surface area contributed by atoms with Crippen LogP contribution in [0.25, 0.3) is 0 Å². The Balaban J connectivity index is 1.25. The third-order valence-electron chi connectivity index (χ3n) is 5.34. The highest BCUT2D eigenvalue weighted by Gasteiger charge is 2.31. The Kier molecular flexibility index (Phi) is 6.99. The number of hydrogen-bond acceptors (Lipinski definition) is 7. The van der Waals surface area contributed by atoms with Crippen LogP contribution < -0.4 is 14.8 Å². The average Bonchev–Trinajstić information content (AvgIpc) is 2.86. The van der Waals surface area contributed by atoms with Gasteiger partial charge in [0.15, 0.2) is 11.5 Å². The van der Waals surface area contributed by atoms with E-state index < -0.39 is 16.1 Å². The lowest BCUT2D eigenvalue weighted by Crippen LogP contribution is -2.52. The fourth-order valence-corrected chi connectivity index (χ4v) is 4.98. The van der Waals surface area contributed by atoms with E-state index >= 15 is 0 Å². The van der Waals surface area contributed by atoms with E-state index in [0.717, 1.165) is 5.56 Å². The molecule has 2 aromatic rings. The van der Waals surface area contributed by atoms with Crippen molar-refractivity contribution in [3.05, 3.63) is 54.1 Å². The van der Waals surface area contributed by atoms with Crippen LogP contribution in [0.15, 0.2) is 53.4 Å². The van der Waals surface area contributed by atoms with E-state index in [1.165, 1.54) is 21.3 Å². The molecule has 2 aromatic carbocycles. The van der Waals surface area contributed by atoms with Crippen molar-refractivity contribution < 1.29 is 32.2 Å². The minimum absolute atomic E-state index is 0.108. The molecule has 2 heterocycles. The van der Waals surface area contributed by atoms with Gasteiger partial charge in [0.05, 0.1) is 4.90 Å². The lowest BCUT2D eigenvalue weighted by molar-refractivity contribution is -0.131. The molecule has 1 N–H and O–H groups in total. The van der Waals surface area contributed by atoms with Crippen LogP contribution in [0.4, 0.5) is 4.79 Å². The fourth-order valence-electron chi connectivity index (χ4n) is 3.54. The molecule has 1 fully saturated rings. The molecule has 0 unspecified atom stereocenters. The summed E-state index contributed by atoms with van der Waals surface area (Å²) in [5.74, 6) is 0.620. The van der Waals surface area contributed by atoms with Crippen LogP contribution in [0.1, 0.15) is 5.56 Å². The highest BCUT2D eigenvalue weighted by Crippen LogP contribution is 2.33. The van der Waals surface area contributed by atoms with Crippen molar-refractivity contribution in [2.75, 3.05) is 45.9 Å². The zero-order valence-corrected chi connectivity index (χ0v) is 18.8. The normalized spacial score (nSPS) is 16.2. The van der Waals surface area contributed by atoms with Gasteiger partial charge in [0.1, 0.15) is 26.4 Å². The van der Waals surface area contributed by atoms with Gasteiger partial charge >= 0.3 is 6.09 Å². The van der Waals surface area contributed by atoms with Crippen molar-refractivity contribution in [1.29, 1.82) is 0 Å². The minimum Gasteiger partial charge on any atom is -0.486 e. The second-order valence-corrected chi connectivity index (χ2v) is 9.44. The molecule has 33 heavy (non-hydrogen) atoms. The largest absolute Gasteiger partial charge is 0.486 e. The van der Waals surface area contributed by atoms with Crippen LogP contribution in [0.5, 0.6) is 11.5 Å². The molecule has 11 heteroatoms. The summed E-state index contributed by atoms with van der Waals surface area (Å²) in [7, 11) is -3.73. The molecule has 0 aliphatic carbocycles. The third-order valence-corrected chi connectivity index (χ3v) is 7.23. The Morgan fingerprint density at radius 1 is 0.939 bits per heavy atom. The van der Waals surface area contributed by atoms with Crippen molar-refractivity contribution in [1.82, 2.24) is 14.5 Å². The van der Waals surface area contributed by atoms with Crippen molar-refractivity contribution in [3.8, 4) is 11.5 Å². The maximum Gasteiger partial charge on any atom is 0.407 e. The second kappa shape index (κ2) is 10.1. The number of sulfonamides is 1. The van der Waals surface area contributed by atoms with Gasteiger partial charge in [-0.2, -0.15) is 4.31 Å². The van der Waals surface area contributed by atoms with E-state index in [9.17, 15) is 18.0 Å². The van der Waals surface area contributed by atoms with Crippen LogP contribution in [0.3, 0.4) is 0 Å². The molecular formula is C22H25N3O7S. The van der Waals surface area contributed by atoms with Gasteiger partial charge in [0, 0.05) is 32.2 Å². The Bertz CT molecular complexity index is 1100. The Labute approximate surface area is 192 Å². The predicted octanol–water partition coefficient (Wildman–Crippen LogP) is 1.22. The van der Waals surface area contributed by atoms with E-state index in [4.69, 9.17) is 14.2 Å². The number of amides is 2. The van der Waals surface area contributed by atoms with Crippen LogP contribution >= 0.6 is 0 Å². The number of ether oxygens (including phenoxy) is 3. The lowest BCUT2D eigenvalue weighted by atomic mass is 10.2. The average molecular weight is 476 g/mol. The molecule has 2 amide bonds. The molecule has 0 bridgehead atoms. The van der Waals surface area contributed by atoms with Gasteiger partial charge in [-0.15, -0.1) is 0 Å². The van der Waals surface area contributed by atoms with Gasteiger partial charge in [-0.05, 0) is 17.7 Å². The summed E-state index contributed by atoms with van der Waals surface area (Å²) < 4.78 is 43.4. The van der Waals surface area contributed by atoms with Crippen LogP contribution in [0, 0.1) is 0 Å². The van der Waals surface area contributed by atoms with Gasteiger partial charge in [0.2, 0.25) is 15.9 Å². The third kappa shape index (κ3) is 5.55. The van der Waals surface area contributed by atoms with E-state index in [1.807, 2.05) is 30.3 Å². The van der Waals surface area contributed by atoms with Gasteiger partial charge in [-0.25, -0.2) is 13.2 Å². The predicted molar refractivity (Wildman–Crippen MR) is 117 cm³/mol. The maximum atomic E-state index is 13.0. The Hall–Kier alpha value is -3.31. The monoisotopic (exact) mass is 475 g/mol. The number of fused-ring (bicyclic) bond motifs is 1. The lowest BCUT2D eigenvalue weighted by Gasteiger charge is -2.34. The highest BCUT2D eigenvalue weighted by atomic mass is 32.2. The molecule has 0 saturated carbocycles. The van der Waals surface area contributed by atoms with Crippen LogP contribution in [-0.4, -0.2) is 75.6 Å². The summed E-state index contributed by atoms with van der Waals surface area (Å²) in [6.45, 7) is 1.44. The number of alkyl carbamates (subject to hydrolysis) is 1. The number of nitrogens with zero attached hydrogens (tertiary/aromatic N) is 2. The molecule has 0 atom stereocenters. The number of carbonyl (C=O) groups is 2. The van der Waals surface area contributed by atoms with E-state index in [2.05, 4.69) is 5.32 Å². The first kappa shape index (κ1) is 22.9. The van der Waals surface area contributed by atoms with Gasteiger partial charge in [0.25, 0.3) is 0 Å². The summed E-state index contributed by atoms with van der Waals surface area (Å²) in [5.41, 5.74) is 0.842. The number of piperazine rings is 1. The number of hydrogen-bond donors (Lipinski definition) is 1. The number of benzene rings is 2. The molecule has 4 rings (SSSR count). The number of nitrogens with one attached hydrogen (secondary N) is 1. The van der Waals surface area contributed by atoms with E-state index in [1.54, 1.807) is 6.07 Å². The molecule has 2 aliphatic rings. The van der Waals surface area contributed by atoms with Crippen molar-refractivity contribution in [3.63, 3.8) is 0 Å². The quantitative estimate of drug-likeness (QED) is 0.668. The van der Waals surface area contributed by atoms with Gasteiger partial charge in [-0.1, -0.05) is 30.3 Å². The maximum absolute atomic E-state index is 13.0. The topological polar surface area (TPSA) is 114 Å². The summed E-state index contributed by atoms with van der Waals surface area (Å²) in [6.07, 6.45) is -0.688. The molecule has 0 aromatic heterocycles. The minimum atomic E-state index is -3.73. The molecule has 1 saturated heterocycles. The standard InChI is InChI=1S/C22H25N3O7S/c26-21(15-23-22(27)32-16-17-4-2-1-3-5-17)24-8-10-25(11-9-24)33(28,29)18-6-7-19-20(14-18)31-13-12-30-19/h1-7,14H,8-13,15-16H2,(H,23,27). The smallest absolute Gasteiger partial charge is 0.407 e. The van der Waals surface area contributed by atoms with Crippen molar-refractivity contribution in [2.45, 2.75) is 11.5 Å². The van der Waals surface area contributed by atoms with Gasteiger partial charge in [-0.3, -0.25) is 4.79 Å². The summed E-state index contributed by atoms with van der Waals surface area (Å²) in [6, 6.07) is 13.8. The molecule has 176 valence electrons. The van der Waals surface area contributed by atoms with Gasteiger partial charge < -0.3 is 24.4 Å². The Morgan fingerprint density at radius 2 is 1.64 bits per heavy atom. The highest BCUT2D eigenvalue weighted by molar-refractivity contribution is 7.89. The molecular weight excluding hydrogens is 450 g/mol. The van der Waals surface area contributed by atoms with Crippen molar-refractivity contribution in [2.24, 2.45) is 0 Å². The fraction of sp³-hybridized carbons (Fsp3) is 0.364. The Morgan fingerprint density at radius 3 is 2.36 bits per heavy atom. The number of carbonyl (C=O) groups excluding carboxylic acids is 2. The van der Waals surface area contributed by atoms with Crippen LogP contribution in [0.2, 0.25) is 0 Å². The van der Waals surface area contributed by atoms with E-state index in [-0.39, 0.29) is 50.1 Å². The zero-order chi connectivity index (χ0) is 23.3. The van der Waals surface area contributed by atoms with Crippen LogP contribution in [-0.2, 0) is 26.2 Å². The second-order valence-electron chi connectivity index (χ2n) is 7.51. The first-order valence-corrected chi connectivity index (χ1v) is 12.0. The molecule has 0 spiro atoms. The first-order chi connectivity index (χ1) is 15.9. The first-order valence-electron chi connectivity index (χ1n) is 10.6. The summed E-state index contributed by atoms with van der Waals surface area (Å²) in [4.78, 5) is 25.9. The van der Waals surface area contributed by atoms with E-state index in [0.29, 0.717) is 24.7 Å². The number of rotatable bonds is 6. The summed E-state index contributed by atoms with van der Waals surface area (Å²) >= 11 is 0. The van der Waals surface area contributed by atoms with Crippen molar-refractivity contribution >= 4 is 22.0 Å². The summed E-state index contributed by atoms with van der Waals surface area (Å²) in [5, 5.41) is 2.44. The molecule has 2 aliphatic heterocycles.